The first-order chi connectivity index (χ1) is 14.9. The van der Waals surface area contributed by atoms with Gasteiger partial charge < -0.3 is 19.1 Å². The van der Waals surface area contributed by atoms with E-state index in [1.54, 1.807) is 0 Å². The highest BCUT2D eigenvalue weighted by Crippen LogP contribution is 2.37. The third-order valence-corrected chi connectivity index (χ3v) is 6.08. The molecule has 0 spiro atoms. The number of carbonyl (C=O) groups excluding carboxylic acids is 1. The van der Waals surface area contributed by atoms with Crippen molar-refractivity contribution in [3.8, 4) is 0 Å². The molecule has 0 amide bonds. The minimum Gasteiger partial charge on any atom is -0.459 e. The van der Waals surface area contributed by atoms with Crippen molar-refractivity contribution in [3.05, 3.63) is 24.3 Å². The van der Waals surface area contributed by atoms with Gasteiger partial charge in [-0.15, -0.1) is 0 Å². The average Bonchev–Trinajstić information content (AvgIpc) is 3.48. The summed E-state index contributed by atoms with van der Waals surface area (Å²) in [7, 11) is 0. The van der Waals surface area contributed by atoms with E-state index in [1.165, 1.54) is 25.7 Å². The Balaban J connectivity index is 1.71. The Morgan fingerprint density at radius 3 is 2.29 bits per heavy atom. The van der Waals surface area contributed by atoms with E-state index in [2.05, 4.69) is 21.9 Å². The molecule has 1 aromatic carbocycles. The SMILES string of the molecule is CC(C)(C)OC(=O)Cn1c2ccccc2c2c(N3CCCC3)nc(N3CCCC3)nc21. The first-order valence-corrected chi connectivity index (χ1v) is 11.4. The second-order valence-corrected chi connectivity index (χ2v) is 9.62. The molecule has 7 heteroatoms. The summed E-state index contributed by atoms with van der Waals surface area (Å²) in [5.41, 5.74) is 1.30. The van der Waals surface area contributed by atoms with Crippen LogP contribution in [0.15, 0.2) is 24.3 Å². The summed E-state index contributed by atoms with van der Waals surface area (Å²) >= 11 is 0. The van der Waals surface area contributed by atoms with Crippen molar-refractivity contribution in [3.63, 3.8) is 0 Å². The molecule has 0 N–H and O–H groups in total. The van der Waals surface area contributed by atoms with Crippen LogP contribution in [0.5, 0.6) is 0 Å². The smallest absolute Gasteiger partial charge is 0.326 e. The number of anilines is 2. The highest BCUT2D eigenvalue weighted by molar-refractivity contribution is 6.12. The van der Waals surface area contributed by atoms with Crippen LogP contribution >= 0.6 is 0 Å². The van der Waals surface area contributed by atoms with E-state index < -0.39 is 5.60 Å². The van der Waals surface area contributed by atoms with Gasteiger partial charge in [0.05, 0.1) is 10.9 Å². The van der Waals surface area contributed by atoms with E-state index in [9.17, 15) is 4.79 Å². The van der Waals surface area contributed by atoms with Gasteiger partial charge >= 0.3 is 5.97 Å². The fraction of sp³-hybridized carbons (Fsp3) is 0.542. The lowest BCUT2D eigenvalue weighted by Gasteiger charge is -2.22. The molecule has 0 atom stereocenters. The maximum absolute atomic E-state index is 12.8. The lowest BCUT2D eigenvalue weighted by atomic mass is 10.2. The summed E-state index contributed by atoms with van der Waals surface area (Å²) in [5, 5.41) is 2.14. The molecule has 2 aromatic heterocycles. The lowest BCUT2D eigenvalue weighted by Crippen LogP contribution is -2.27. The van der Waals surface area contributed by atoms with E-state index in [1.807, 2.05) is 37.5 Å². The number of para-hydroxylation sites is 1. The highest BCUT2D eigenvalue weighted by Gasteiger charge is 2.27. The Morgan fingerprint density at radius 1 is 0.968 bits per heavy atom. The fourth-order valence-electron chi connectivity index (χ4n) is 4.78. The first-order valence-electron chi connectivity index (χ1n) is 11.4. The Hall–Kier alpha value is -2.83. The summed E-state index contributed by atoms with van der Waals surface area (Å²) in [4.78, 5) is 27.5. The van der Waals surface area contributed by atoms with Gasteiger partial charge in [0.2, 0.25) is 5.95 Å². The topological polar surface area (TPSA) is 63.5 Å². The zero-order valence-corrected chi connectivity index (χ0v) is 18.7. The predicted molar refractivity (Wildman–Crippen MR) is 124 cm³/mol. The first kappa shape index (κ1) is 20.1. The number of esters is 1. The lowest BCUT2D eigenvalue weighted by molar-refractivity contribution is -0.155. The summed E-state index contributed by atoms with van der Waals surface area (Å²) in [5.74, 6) is 1.53. The Morgan fingerprint density at radius 2 is 1.61 bits per heavy atom. The van der Waals surface area contributed by atoms with Gasteiger partial charge in [0.15, 0.2) is 0 Å². The molecule has 2 saturated heterocycles. The van der Waals surface area contributed by atoms with Gasteiger partial charge in [0.1, 0.15) is 23.6 Å². The molecule has 7 nitrogen and oxygen atoms in total. The molecular formula is C24H31N5O2. The zero-order chi connectivity index (χ0) is 21.6. The second kappa shape index (κ2) is 7.70. The molecule has 5 rings (SSSR count). The molecule has 0 bridgehead atoms. The van der Waals surface area contributed by atoms with Crippen LogP contribution in [-0.2, 0) is 16.1 Å². The van der Waals surface area contributed by atoms with E-state index in [0.717, 1.165) is 59.9 Å². The molecule has 2 fully saturated rings. The third-order valence-electron chi connectivity index (χ3n) is 6.08. The molecule has 0 saturated carbocycles. The number of nitrogens with zero attached hydrogens (tertiary/aromatic N) is 5. The molecule has 2 aliphatic rings. The number of ether oxygens (including phenoxy) is 1. The second-order valence-electron chi connectivity index (χ2n) is 9.62. The minimum atomic E-state index is -0.522. The Bertz CT molecular complexity index is 1120. The molecule has 0 radical (unpaired) electrons. The Kier molecular flexibility index (Phi) is 4.99. The Labute approximate surface area is 183 Å². The van der Waals surface area contributed by atoms with Gasteiger partial charge in [-0.1, -0.05) is 18.2 Å². The van der Waals surface area contributed by atoms with Crippen molar-refractivity contribution in [2.24, 2.45) is 0 Å². The van der Waals surface area contributed by atoms with Crippen molar-refractivity contribution in [1.82, 2.24) is 14.5 Å². The zero-order valence-electron chi connectivity index (χ0n) is 18.7. The van der Waals surface area contributed by atoms with E-state index in [4.69, 9.17) is 14.7 Å². The van der Waals surface area contributed by atoms with Crippen LogP contribution in [0.25, 0.3) is 21.9 Å². The van der Waals surface area contributed by atoms with Crippen molar-refractivity contribution >= 4 is 39.7 Å². The van der Waals surface area contributed by atoms with Gasteiger partial charge in [-0.2, -0.15) is 9.97 Å². The molecule has 31 heavy (non-hydrogen) atoms. The van der Waals surface area contributed by atoms with Crippen molar-refractivity contribution in [1.29, 1.82) is 0 Å². The average molecular weight is 422 g/mol. The number of hydrogen-bond acceptors (Lipinski definition) is 6. The van der Waals surface area contributed by atoms with Gasteiger partial charge in [-0.05, 0) is 52.5 Å². The van der Waals surface area contributed by atoms with E-state index in [0.29, 0.717) is 0 Å². The maximum atomic E-state index is 12.8. The molecular weight excluding hydrogens is 390 g/mol. The normalized spacial score (nSPS) is 17.3. The fourth-order valence-corrected chi connectivity index (χ4v) is 4.78. The number of fused-ring (bicyclic) bond motifs is 3. The van der Waals surface area contributed by atoms with Gasteiger partial charge in [0, 0.05) is 31.6 Å². The van der Waals surface area contributed by atoms with Crippen LogP contribution in [-0.4, -0.2) is 52.3 Å². The largest absolute Gasteiger partial charge is 0.459 e. The van der Waals surface area contributed by atoms with E-state index in [-0.39, 0.29) is 12.5 Å². The number of aromatic nitrogens is 3. The molecule has 164 valence electrons. The maximum Gasteiger partial charge on any atom is 0.326 e. The molecule has 2 aliphatic heterocycles. The van der Waals surface area contributed by atoms with Crippen LogP contribution in [0.4, 0.5) is 11.8 Å². The third kappa shape index (κ3) is 3.82. The number of carbonyl (C=O) groups is 1. The molecule has 0 unspecified atom stereocenters. The van der Waals surface area contributed by atoms with Crippen molar-refractivity contribution in [2.75, 3.05) is 36.0 Å². The highest BCUT2D eigenvalue weighted by atomic mass is 16.6. The summed E-state index contributed by atoms with van der Waals surface area (Å²) in [6.45, 7) is 9.82. The number of rotatable bonds is 4. The standard InChI is InChI=1S/C24H31N5O2/c1-24(2,3)31-19(30)16-29-18-11-5-4-10-17(18)20-21(27-12-6-7-13-27)25-23(26-22(20)29)28-14-8-9-15-28/h4-5,10-11H,6-9,12-16H2,1-3H3. The van der Waals surface area contributed by atoms with E-state index >= 15 is 0 Å². The van der Waals surface area contributed by atoms with Crippen LogP contribution in [0, 0.1) is 0 Å². The van der Waals surface area contributed by atoms with Crippen molar-refractivity contribution < 1.29 is 9.53 Å². The quantitative estimate of drug-likeness (QED) is 0.591. The number of benzene rings is 1. The molecule has 4 heterocycles. The van der Waals surface area contributed by atoms with Gasteiger partial charge in [-0.3, -0.25) is 4.79 Å². The van der Waals surface area contributed by atoms with Crippen molar-refractivity contribution in [2.45, 2.75) is 58.6 Å². The monoisotopic (exact) mass is 421 g/mol. The van der Waals surface area contributed by atoms with Gasteiger partial charge in [0.25, 0.3) is 0 Å². The summed E-state index contributed by atoms with van der Waals surface area (Å²) in [6, 6.07) is 8.23. The predicted octanol–water partition coefficient (Wildman–Crippen LogP) is 4.13. The van der Waals surface area contributed by atoms with Crippen LogP contribution in [0.3, 0.4) is 0 Å². The summed E-state index contributed by atoms with van der Waals surface area (Å²) in [6.07, 6.45) is 4.70. The van der Waals surface area contributed by atoms with Gasteiger partial charge in [-0.25, -0.2) is 0 Å². The van der Waals surface area contributed by atoms with Crippen LogP contribution < -0.4 is 9.80 Å². The summed E-state index contributed by atoms with van der Waals surface area (Å²) < 4.78 is 7.66. The number of hydrogen-bond donors (Lipinski definition) is 0. The minimum absolute atomic E-state index is 0.136. The molecule has 0 aliphatic carbocycles. The van der Waals surface area contributed by atoms with Crippen LogP contribution in [0.2, 0.25) is 0 Å². The van der Waals surface area contributed by atoms with Crippen LogP contribution in [0.1, 0.15) is 46.5 Å². The molecule has 3 aromatic rings.